The van der Waals surface area contributed by atoms with E-state index in [2.05, 4.69) is 17.0 Å². The van der Waals surface area contributed by atoms with E-state index in [4.69, 9.17) is 33.3 Å². The van der Waals surface area contributed by atoms with Crippen LogP contribution in [0.1, 0.15) is 25.3 Å². The Balaban J connectivity index is 1.94. The van der Waals surface area contributed by atoms with Crippen molar-refractivity contribution in [2.75, 3.05) is 6.61 Å². The van der Waals surface area contributed by atoms with Gasteiger partial charge in [-0.3, -0.25) is 9.78 Å². The molecule has 1 aromatic heterocycles. The van der Waals surface area contributed by atoms with E-state index in [9.17, 15) is 0 Å². The van der Waals surface area contributed by atoms with E-state index in [0.717, 1.165) is 18.4 Å². The molecule has 5 nitrogen and oxygen atoms in total. The van der Waals surface area contributed by atoms with Gasteiger partial charge < -0.3 is 9.47 Å². The van der Waals surface area contributed by atoms with Crippen molar-refractivity contribution in [3.05, 3.63) is 45.9 Å². The largest absolute Gasteiger partial charge is 0.342 e. The Bertz CT molecular complexity index is 685. The summed E-state index contributed by atoms with van der Waals surface area (Å²) in [5.74, 6) is -0.866. The van der Waals surface area contributed by atoms with Crippen LogP contribution in [0, 0.1) is 4.77 Å². The van der Waals surface area contributed by atoms with Crippen molar-refractivity contribution in [1.82, 2.24) is 14.8 Å². The van der Waals surface area contributed by atoms with Crippen LogP contribution in [0.25, 0.3) is 0 Å². The van der Waals surface area contributed by atoms with Crippen LogP contribution in [0.5, 0.6) is 0 Å². The van der Waals surface area contributed by atoms with E-state index in [1.165, 1.54) is 0 Å². The second-order valence-corrected chi connectivity index (χ2v) is 6.16. The van der Waals surface area contributed by atoms with Crippen LogP contribution in [0.3, 0.4) is 0 Å². The quantitative estimate of drug-likeness (QED) is 0.844. The monoisotopic (exact) mass is 339 g/mol. The maximum Gasteiger partial charge on any atom is 0.215 e. The van der Waals surface area contributed by atoms with Gasteiger partial charge in [-0.15, -0.1) is 0 Å². The van der Waals surface area contributed by atoms with Gasteiger partial charge in [-0.05, 0) is 30.8 Å². The van der Waals surface area contributed by atoms with Crippen molar-refractivity contribution in [3.8, 4) is 0 Å². The Morgan fingerprint density at radius 3 is 2.86 bits per heavy atom. The number of nitrogens with one attached hydrogen (secondary N) is 1. The summed E-state index contributed by atoms with van der Waals surface area (Å²) in [5, 5.41) is 3.68. The maximum absolute atomic E-state index is 6.26. The van der Waals surface area contributed by atoms with Crippen molar-refractivity contribution >= 4 is 23.8 Å². The third-order valence-corrected chi connectivity index (χ3v) is 4.32. The molecule has 1 aliphatic heterocycles. The summed E-state index contributed by atoms with van der Waals surface area (Å²) in [6, 6.07) is 7.53. The smallest absolute Gasteiger partial charge is 0.215 e. The van der Waals surface area contributed by atoms with Gasteiger partial charge in [0.2, 0.25) is 10.6 Å². The van der Waals surface area contributed by atoms with Crippen molar-refractivity contribution in [3.63, 3.8) is 0 Å². The summed E-state index contributed by atoms with van der Waals surface area (Å²) in [7, 11) is 0. The van der Waals surface area contributed by atoms with E-state index in [1.54, 1.807) is 11.0 Å². The summed E-state index contributed by atoms with van der Waals surface area (Å²) < 4.78 is 14.6. The molecule has 0 amide bonds. The highest BCUT2D eigenvalue weighted by Gasteiger charge is 2.43. The Morgan fingerprint density at radius 1 is 1.45 bits per heavy atom. The highest BCUT2D eigenvalue weighted by molar-refractivity contribution is 7.71. The molecule has 118 valence electrons. The van der Waals surface area contributed by atoms with Gasteiger partial charge in [0, 0.05) is 10.6 Å². The fraction of sp³-hybridized carbons (Fsp3) is 0.467. The first-order valence-electron chi connectivity index (χ1n) is 7.31. The van der Waals surface area contributed by atoms with Gasteiger partial charge in [-0.1, -0.05) is 37.1 Å². The van der Waals surface area contributed by atoms with Crippen molar-refractivity contribution in [1.29, 1.82) is 0 Å². The molecule has 1 N–H and O–H groups in total. The molecule has 1 saturated heterocycles. The molecule has 0 radical (unpaired) electrons. The van der Waals surface area contributed by atoms with Gasteiger partial charge in [0.25, 0.3) is 0 Å². The molecule has 0 bridgehead atoms. The number of hydrogen-bond donors (Lipinski definition) is 1. The lowest BCUT2D eigenvalue weighted by molar-refractivity contribution is -0.189. The number of ether oxygens (including phenoxy) is 2. The molecule has 0 saturated carbocycles. The topological polar surface area (TPSA) is 52.1 Å². The second-order valence-electron chi connectivity index (χ2n) is 5.36. The van der Waals surface area contributed by atoms with Crippen LogP contribution in [-0.2, 0) is 21.8 Å². The predicted octanol–water partition coefficient (Wildman–Crippen LogP) is 3.66. The van der Waals surface area contributed by atoms with Crippen LogP contribution in [0.15, 0.2) is 30.6 Å². The zero-order valence-corrected chi connectivity index (χ0v) is 13.9. The molecule has 1 aromatic carbocycles. The fourth-order valence-electron chi connectivity index (χ4n) is 2.66. The Kier molecular flexibility index (Phi) is 4.63. The number of benzene rings is 1. The van der Waals surface area contributed by atoms with Crippen molar-refractivity contribution in [2.45, 2.75) is 38.2 Å². The number of halogens is 1. The molecule has 22 heavy (non-hydrogen) atoms. The molecular formula is C15H18ClN3O2S. The summed E-state index contributed by atoms with van der Waals surface area (Å²) in [5.41, 5.74) is 0.923. The third kappa shape index (κ3) is 3.10. The van der Waals surface area contributed by atoms with Crippen LogP contribution >= 0.6 is 23.8 Å². The average molecular weight is 340 g/mol. The summed E-state index contributed by atoms with van der Waals surface area (Å²) in [6.07, 6.45) is 3.66. The molecule has 0 aliphatic carbocycles. The predicted molar refractivity (Wildman–Crippen MR) is 86.3 cm³/mol. The van der Waals surface area contributed by atoms with Gasteiger partial charge in [0.1, 0.15) is 12.9 Å². The molecule has 0 spiro atoms. The standard InChI is InChI=1S/C15H18ClN3O2S/c1-2-3-13-8-20-15(21-13,9-19-14(22)17-10-18-19)11-4-6-12(16)7-5-11/h4-7,10,13H,2-3,8-9H2,1H3,(H,17,18,22). The first-order valence-corrected chi connectivity index (χ1v) is 8.09. The summed E-state index contributed by atoms with van der Waals surface area (Å²) in [4.78, 5) is 4.04. The van der Waals surface area contributed by atoms with E-state index in [-0.39, 0.29) is 6.10 Å². The molecule has 2 atom stereocenters. The third-order valence-electron chi connectivity index (χ3n) is 3.74. The number of H-pyrrole nitrogens is 1. The molecule has 7 heteroatoms. The van der Waals surface area contributed by atoms with Crippen LogP contribution in [-0.4, -0.2) is 27.5 Å². The minimum atomic E-state index is -0.866. The number of hydrogen-bond acceptors (Lipinski definition) is 4. The van der Waals surface area contributed by atoms with Gasteiger partial charge in [0.15, 0.2) is 0 Å². The van der Waals surface area contributed by atoms with E-state index < -0.39 is 5.79 Å². The van der Waals surface area contributed by atoms with Crippen LogP contribution in [0.2, 0.25) is 5.02 Å². The van der Waals surface area contributed by atoms with Crippen molar-refractivity contribution in [2.24, 2.45) is 0 Å². The molecular weight excluding hydrogens is 322 g/mol. The molecule has 2 aromatic rings. The SMILES string of the molecule is CCCC1COC(Cn2[nH]cnc2=S)(c2ccc(Cl)cc2)O1. The minimum absolute atomic E-state index is 0.0813. The Hall–Kier alpha value is -1.21. The first-order chi connectivity index (χ1) is 10.6. The molecule has 3 rings (SSSR count). The van der Waals surface area contributed by atoms with Crippen molar-refractivity contribution < 1.29 is 9.47 Å². The highest BCUT2D eigenvalue weighted by atomic mass is 35.5. The van der Waals surface area contributed by atoms with Crippen LogP contribution in [0.4, 0.5) is 0 Å². The number of rotatable bonds is 5. The van der Waals surface area contributed by atoms with E-state index in [0.29, 0.717) is 22.9 Å². The number of aromatic amines is 1. The minimum Gasteiger partial charge on any atom is -0.342 e. The lowest BCUT2D eigenvalue weighted by atomic mass is 10.1. The first kappa shape index (κ1) is 15.7. The summed E-state index contributed by atoms with van der Waals surface area (Å²) in [6.45, 7) is 3.13. The van der Waals surface area contributed by atoms with Gasteiger partial charge in [-0.25, -0.2) is 4.98 Å². The number of nitrogens with zero attached hydrogens (tertiary/aromatic N) is 2. The average Bonchev–Trinajstić information content (AvgIpc) is 3.09. The Labute approximate surface area is 139 Å². The zero-order chi connectivity index (χ0) is 15.6. The zero-order valence-electron chi connectivity index (χ0n) is 12.3. The van der Waals surface area contributed by atoms with E-state index >= 15 is 0 Å². The second kappa shape index (κ2) is 6.50. The van der Waals surface area contributed by atoms with Gasteiger partial charge in [0.05, 0.1) is 12.7 Å². The van der Waals surface area contributed by atoms with Crippen LogP contribution < -0.4 is 0 Å². The Morgan fingerprint density at radius 2 is 2.23 bits per heavy atom. The molecule has 1 fully saturated rings. The van der Waals surface area contributed by atoms with Gasteiger partial charge in [-0.2, -0.15) is 0 Å². The molecule has 1 aliphatic rings. The van der Waals surface area contributed by atoms with E-state index in [1.807, 2.05) is 24.3 Å². The number of aromatic nitrogens is 3. The lowest BCUT2D eigenvalue weighted by Crippen LogP contribution is -2.34. The normalized spacial score (nSPS) is 24.7. The summed E-state index contributed by atoms with van der Waals surface area (Å²) >= 11 is 11.2. The van der Waals surface area contributed by atoms with Gasteiger partial charge >= 0.3 is 0 Å². The fourth-order valence-corrected chi connectivity index (χ4v) is 2.95. The molecule has 2 heterocycles. The highest BCUT2D eigenvalue weighted by Crippen LogP contribution is 2.37. The maximum atomic E-state index is 6.26. The lowest BCUT2D eigenvalue weighted by Gasteiger charge is -2.28. The molecule has 2 unspecified atom stereocenters.